The van der Waals surface area contributed by atoms with Gasteiger partial charge < -0.3 is 9.64 Å². The van der Waals surface area contributed by atoms with Crippen LogP contribution in [0.5, 0.6) is 0 Å². The van der Waals surface area contributed by atoms with Gasteiger partial charge in [-0.15, -0.1) is 0 Å². The Hall–Kier alpha value is -2.52. The van der Waals surface area contributed by atoms with Gasteiger partial charge in [-0.2, -0.15) is 5.26 Å². The second-order valence-corrected chi connectivity index (χ2v) is 5.45. The number of ether oxygens (including phenoxy) is 1. The number of piperidine rings is 1. The second kappa shape index (κ2) is 7.16. The zero-order valence-electron chi connectivity index (χ0n) is 12.7. The molecule has 1 fully saturated rings. The van der Waals surface area contributed by atoms with Gasteiger partial charge in [-0.05, 0) is 18.9 Å². The number of aromatic nitrogens is 2. The predicted octanol–water partition coefficient (Wildman–Crippen LogP) is 2.67. The van der Waals surface area contributed by atoms with Gasteiger partial charge in [-0.1, -0.05) is 18.2 Å². The van der Waals surface area contributed by atoms with Crippen LogP contribution >= 0.6 is 0 Å². The van der Waals surface area contributed by atoms with E-state index in [1.54, 1.807) is 24.4 Å². The molecule has 1 saturated heterocycles. The van der Waals surface area contributed by atoms with Crippen LogP contribution in [0, 0.1) is 17.1 Å². The van der Waals surface area contributed by atoms with Crippen molar-refractivity contribution < 1.29 is 9.13 Å². The highest BCUT2D eigenvalue weighted by Gasteiger charge is 2.24. The molecule has 0 radical (unpaired) electrons. The van der Waals surface area contributed by atoms with E-state index in [4.69, 9.17) is 10.00 Å². The molecule has 0 bridgehead atoms. The van der Waals surface area contributed by atoms with Crippen LogP contribution < -0.4 is 4.90 Å². The lowest BCUT2D eigenvalue weighted by atomic mass is 10.1. The van der Waals surface area contributed by atoms with E-state index in [0.717, 1.165) is 19.4 Å². The average Bonchev–Trinajstić information content (AvgIpc) is 2.61. The maximum atomic E-state index is 13.6. The first-order valence-corrected chi connectivity index (χ1v) is 7.59. The van der Waals surface area contributed by atoms with E-state index >= 15 is 0 Å². The Bertz CT molecular complexity index is 716. The van der Waals surface area contributed by atoms with Gasteiger partial charge in [0.25, 0.3) is 0 Å². The molecular weight excluding hydrogens is 295 g/mol. The van der Waals surface area contributed by atoms with E-state index in [0.29, 0.717) is 23.6 Å². The molecule has 0 N–H and O–H groups in total. The third kappa shape index (κ3) is 3.63. The van der Waals surface area contributed by atoms with Crippen LogP contribution in [0.25, 0.3) is 0 Å². The summed E-state index contributed by atoms with van der Waals surface area (Å²) >= 11 is 0. The smallest absolute Gasteiger partial charge is 0.183 e. The van der Waals surface area contributed by atoms with Crippen LogP contribution in [0.15, 0.2) is 36.7 Å². The molecule has 1 aromatic heterocycles. The molecule has 0 aliphatic carbocycles. The maximum Gasteiger partial charge on any atom is 0.183 e. The van der Waals surface area contributed by atoms with Crippen molar-refractivity contribution in [1.29, 1.82) is 5.26 Å². The van der Waals surface area contributed by atoms with Crippen molar-refractivity contribution in [1.82, 2.24) is 9.97 Å². The topological polar surface area (TPSA) is 62.0 Å². The van der Waals surface area contributed by atoms with E-state index in [-0.39, 0.29) is 18.5 Å². The maximum absolute atomic E-state index is 13.6. The van der Waals surface area contributed by atoms with Gasteiger partial charge in [0, 0.05) is 31.0 Å². The molecule has 1 aliphatic heterocycles. The molecular formula is C17H17FN4O. The Morgan fingerprint density at radius 1 is 1.30 bits per heavy atom. The van der Waals surface area contributed by atoms with E-state index in [2.05, 4.69) is 16.0 Å². The summed E-state index contributed by atoms with van der Waals surface area (Å²) in [4.78, 5) is 10.3. The molecule has 23 heavy (non-hydrogen) atoms. The summed E-state index contributed by atoms with van der Waals surface area (Å²) in [7, 11) is 0. The van der Waals surface area contributed by atoms with Gasteiger partial charge in [-0.3, -0.25) is 0 Å². The monoisotopic (exact) mass is 312 g/mol. The fraction of sp³-hybridized carbons (Fsp3) is 0.353. The minimum Gasteiger partial charge on any atom is -0.372 e. The van der Waals surface area contributed by atoms with Gasteiger partial charge in [0.15, 0.2) is 11.5 Å². The fourth-order valence-electron chi connectivity index (χ4n) is 2.73. The summed E-state index contributed by atoms with van der Waals surface area (Å²) in [6.07, 6.45) is 4.92. The largest absolute Gasteiger partial charge is 0.372 e. The molecule has 118 valence electrons. The molecule has 1 atom stereocenters. The van der Waals surface area contributed by atoms with Crippen molar-refractivity contribution in [3.8, 4) is 6.07 Å². The van der Waals surface area contributed by atoms with Crippen LogP contribution in [-0.4, -0.2) is 29.2 Å². The summed E-state index contributed by atoms with van der Waals surface area (Å²) in [5.74, 6) is 0.343. The molecule has 0 amide bonds. The van der Waals surface area contributed by atoms with Gasteiger partial charge >= 0.3 is 0 Å². The molecule has 0 saturated carbocycles. The lowest BCUT2D eigenvalue weighted by Crippen LogP contribution is -2.40. The lowest BCUT2D eigenvalue weighted by molar-refractivity contribution is 0.0300. The summed E-state index contributed by atoms with van der Waals surface area (Å²) in [5.41, 5.74) is 0.879. The fourth-order valence-corrected chi connectivity index (χ4v) is 2.73. The highest BCUT2D eigenvalue weighted by atomic mass is 19.1. The highest BCUT2D eigenvalue weighted by Crippen LogP contribution is 2.22. The summed E-state index contributed by atoms with van der Waals surface area (Å²) in [5, 5.41) is 9.15. The zero-order chi connectivity index (χ0) is 16.1. The normalized spacial score (nSPS) is 17.7. The number of anilines is 1. The molecule has 1 aliphatic rings. The first-order valence-electron chi connectivity index (χ1n) is 7.59. The van der Waals surface area contributed by atoms with Crippen molar-refractivity contribution >= 4 is 5.82 Å². The third-order valence-electron chi connectivity index (χ3n) is 3.89. The van der Waals surface area contributed by atoms with Crippen LogP contribution in [-0.2, 0) is 11.3 Å². The Kier molecular flexibility index (Phi) is 4.79. The van der Waals surface area contributed by atoms with Crippen molar-refractivity contribution in [2.45, 2.75) is 25.6 Å². The number of halogens is 1. The predicted molar refractivity (Wildman–Crippen MR) is 83.2 cm³/mol. The van der Waals surface area contributed by atoms with Crippen molar-refractivity contribution in [2.75, 3.05) is 18.0 Å². The van der Waals surface area contributed by atoms with E-state index in [1.165, 1.54) is 12.3 Å². The third-order valence-corrected chi connectivity index (χ3v) is 3.89. The number of nitrogens with zero attached hydrogens (tertiary/aromatic N) is 4. The SMILES string of the molecule is N#Cc1nccnc1N1CCC[C@H](OCc2ccccc2F)C1. The number of rotatable bonds is 4. The standard InChI is InChI=1S/C17H17FN4O/c18-15-6-2-1-4-13(15)12-23-14-5-3-9-22(11-14)17-16(10-19)20-7-8-21-17/h1-2,4,6-8,14H,3,5,9,11-12H2/t14-/m0/s1. The van der Waals surface area contributed by atoms with E-state index < -0.39 is 0 Å². The molecule has 6 heteroatoms. The Balaban J connectivity index is 1.65. The van der Waals surface area contributed by atoms with Gasteiger partial charge in [0.1, 0.15) is 11.9 Å². The van der Waals surface area contributed by atoms with Crippen molar-refractivity contribution in [2.24, 2.45) is 0 Å². The van der Waals surface area contributed by atoms with E-state index in [1.807, 2.05) is 4.90 Å². The molecule has 1 aromatic carbocycles. The highest BCUT2D eigenvalue weighted by molar-refractivity contribution is 5.49. The Labute approximate surface area is 134 Å². The second-order valence-electron chi connectivity index (χ2n) is 5.45. The molecule has 2 aromatic rings. The first-order chi connectivity index (χ1) is 11.3. The van der Waals surface area contributed by atoms with Crippen LogP contribution in [0.2, 0.25) is 0 Å². The average molecular weight is 312 g/mol. The molecule has 5 nitrogen and oxygen atoms in total. The lowest BCUT2D eigenvalue weighted by Gasteiger charge is -2.33. The number of hydrogen-bond donors (Lipinski definition) is 0. The van der Waals surface area contributed by atoms with Crippen molar-refractivity contribution in [3.05, 3.63) is 53.7 Å². The van der Waals surface area contributed by atoms with Gasteiger partial charge in [-0.25, -0.2) is 14.4 Å². The minimum atomic E-state index is -0.249. The summed E-state index contributed by atoms with van der Waals surface area (Å²) in [6.45, 7) is 1.69. The molecule has 3 rings (SSSR count). The zero-order valence-corrected chi connectivity index (χ0v) is 12.7. The summed E-state index contributed by atoms with van der Waals surface area (Å²) < 4.78 is 19.5. The molecule has 0 unspecified atom stereocenters. The van der Waals surface area contributed by atoms with Crippen molar-refractivity contribution in [3.63, 3.8) is 0 Å². The Morgan fingerprint density at radius 2 is 2.13 bits per heavy atom. The number of hydrogen-bond acceptors (Lipinski definition) is 5. The van der Waals surface area contributed by atoms with Crippen LogP contribution in [0.3, 0.4) is 0 Å². The number of nitriles is 1. The number of benzene rings is 1. The van der Waals surface area contributed by atoms with Gasteiger partial charge in [0.2, 0.25) is 0 Å². The first kappa shape index (κ1) is 15.4. The van der Waals surface area contributed by atoms with Gasteiger partial charge in [0.05, 0.1) is 12.7 Å². The van der Waals surface area contributed by atoms with E-state index in [9.17, 15) is 4.39 Å². The minimum absolute atomic E-state index is 0.0168. The molecule has 2 heterocycles. The summed E-state index contributed by atoms with van der Waals surface area (Å²) in [6, 6.07) is 8.70. The quantitative estimate of drug-likeness (QED) is 0.868. The van der Waals surface area contributed by atoms with Crippen LogP contribution in [0.1, 0.15) is 24.1 Å². The molecule has 0 spiro atoms. The Morgan fingerprint density at radius 3 is 2.96 bits per heavy atom. The van der Waals surface area contributed by atoms with Crippen LogP contribution in [0.4, 0.5) is 10.2 Å².